The van der Waals surface area contributed by atoms with Crippen molar-refractivity contribution < 1.29 is 9.32 Å². The SMILES string of the molecule is Cc1nc(C)n(CCCNC(=O)N(C)Cc2ccon2)n1. The molecule has 8 heteroatoms. The van der Waals surface area contributed by atoms with Crippen molar-refractivity contribution in [1.82, 2.24) is 30.1 Å². The summed E-state index contributed by atoms with van der Waals surface area (Å²) in [4.78, 5) is 17.7. The molecule has 0 aliphatic heterocycles. The molecule has 0 atom stereocenters. The van der Waals surface area contributed by atoms with Crippen LogP contribution in [0, 0.1) is 13.8 Å². The van der Waals surface area contributed by atoms with Gasteiger partial charge < -0.3 is 14.7 Å². The zero-order valence-corrected chi connectivity index (χ0v) is 12.5. The van der Waals surface area contributed by atoms with Gasteiger partial charge in [-0.2, -0.15) is 5.10 Å². The summed E-state index contributed by atoms with van der Waals surface area (Å²) >= 11 is 0. The predicted octanol–water partition coefficient (Wildman–Crippen LogP) is 1.11. The zero-order chi connectivity index (χ0) is 15.2. The first-order valence-electron chi connectivity index (χ1n) is 6.82. The van der Waals surface area contributed by atoms with Crippen molar-refractivity contribution in [2.75, 3.05) is 13.6 Å². The van der Waals surface area contributed by atoms with Crippen LogP contribution in [0.1, 0.15) is 23.8 Å². The van der Waals surface area contributed by atoms with E-state index in [-0.39, 0.29) is 6.03 Å². The average Bonchev–Trinajstić information content (AvgIpc) is 3.04. The molecular weight excluding hydrogens is 272 g/mol. The Labute approximate surface area is 123 Å². The van der Waals surface area contributed by atoms with E-state index in [4.69, 9.17) is 4.52 Å². The Morgan fingerprint density at radius 2 is 2.29 bits per heavy atom. The first kappa shape index (κ1) is 15.0. The van der Waals surface area contributed by atoms with Crippen LogP contribution in [-0.2, 0) is 13.1 Å². The van der Waals surface area contributed by atoms with Crippen LogP contribution in [0.5, 0.6) is 0 Å². The summed E-state index contributed by atoms with van der Waals surface area (Å²) in [6, 6.07) is 1.60. The van der Waals surface area contributed by atoms with Gasteiger partial charge in [-0.25, -0.2) is 9.78 Å². The van der Waals surface area contributed by atoms with Gasteiger partial charge in [-0.05, 0) is 20.3 Å². The number of urea groups is 1. The maximum absolute atomic E-state index is 11.9. The van der Waals surface area contributed by atoms with Gasteiger partial charge in [-0.3, -0.25) is 4.68 Å². The van der Waals surface area contributed by atoms with E-state index in [1.807, 2.05) is 18.5 Å². The molecule has 114 valence electrons. The Morgan fingerprint density at radius 3 is 2.90 bits per heavy atom. The monoisotopic (exact) mass is 292 g/mol. The van der Waals surface area contributed by atoms with Gasteiger partial charge in [0.1, 0.15) is 23.6 Å². The Morgan fingerprint density at radius 1 is 1.48 bits per heavy atom. The number of hydrogen-bond donors (Lipinski definition) is 1. The summed E-state index contributed by atoms with van der Waals surface area (Å²) in [5.41, 5.74) is 0.723. The van der Waals surface area contributed by atoms with Gasteiger partial charge in [-0.15, -0.1) is 0 Å². The van der Waals surface area contributed by atoms with E-state index in [2.05, 4.69) is 20.6 Å². The fourth-order valence-corrected chi connectivity index (χ4v) is 1.97. The van der Waals surface area contributed by atoms with Crippen LogP contribution in [0.25, 0.3) is 0 Å². The molecule has 0 aromatic carbocycles. The molecule has 0 radical (unpaired) electrons. The third-order valence-corrected chi connectivity index (χ3v) is 3.02. The van der Waals surface area contributed by atoms with Crippen molar-refractivity contribution in [3.8, 4) is 0 Å². The summed E-state index contributed by atoms with van der Waals surface area (Å²) in [5, 5.41) is 10.9. The van der Waals surface area contributed by atoms with E-state index in [0.717, 1.165) is 30.3 Å². The summed E-state index contributed by atoms with van der Waals surface area (Å²) in [6.45, 7) is 5.53. The van der Waals surface area contributed by atoms with Crippen LogP contribution in [0.4, 0.5) is 4.79 Å². The van der Waals surface area contributed by atoms with Crippen molar-refractivity contribution >= 4 is 6.03 Å². The molecule has 2 heterocycles. The van der Waals surface area contributed by atoms with Crippen LogP contribution < -0.4 is 5.32 Å². The maximum Gasteiger partial charge on any atom is 0.317 e. The molecule has 0 fully saturated rings. The number of hydrogen-bond acceptors (Lipinski definition) is 5. The lowest BCUT2D eigenvalue weighted by atomic mass is 10.4. The molecule has 0 saturated heterocycles. The maximum atomic E-state index is 11.9. The normalized spacial score (nSPS) is 10.6. The molecule has 0 aliphatic carbocycles. The summed E-state index contributed by atoms with van der Waals surface area (Å²) in [5.74, 6) is 1.66. The summed E-state index contributed by atoms with van der Waals surface area (Å²) < 4.78 is 6.58. The highest BCUT2D eigenvalue weighted by molar-refractivity contribution is 5.73. The van der Waals surface area contributed by atoms with Crippen LogP contribution >= 0.6 is 0 Å². The minimum atomic E-state index is -0.135. The van der Waals surface area contributed by atoms with Gasteiger partial charge in [0.25, 0.3) is 0 Å². The Hall–Kier alpha value is -2.38. The smallest absolute Gasteiger partial charge is 0.317 e. The second-order valence-corrected chi connectivity index (χ2v) is 4.86. The highest BCUT2D eigenvalue weighted by atomic mass is 16.5. The van der Waals surface area contributed by atoms with E-state index in [0.29, 0.717) is 13.1 Å². The molecule has 0 unspecified atom stereocenters. The molecule has 2 amide bonds. The molecular formula is C13H20N6O2. The fourth-order valence-electron chi connectivity index (χ4n) is 1.97. The molecule has 2 rings (SSSR count). The van der Waals surface area contributed by atoms with Crippen molar-refractivity contribution in [3.05, 3.63) is 29.7 Å². The van der Waals surface area contributed by atoms with Gasteiger partial charge >= 0.3 is 6.03 Å². The minimum absolute atomic E-state index is 0.135. The summed E-state index contributed by atoms with van der Waals surface area (Å²) in [6.07, 6.45) is 2.29. The fraction of sp³-hybridized carbons (Fsp3) is 0.538. The quantitative estimate of drug-likeness (QED) is 0.806. The molecule has 8 nitrogen and oxygen atoms in total. The number of carbonyl (C=O) groups is 1. The highest BCUT2D eigenvalue weighted by Crippen LogP contribution is 2.00. The molecule has 1 N–H and O–H groups in total. The lowest BCUT2D eigenvalue weighted by Gasteiger charge is -2.16. The molecule has 0 bridgehead atoms. The van der Waals surface area contributed by atoms with Crippen molar-refractivity contribution in [2.24, 2.45) is 0 Å². The van der Waals surface area contributed by atoms with Crippen LogP contribution in [-0.4, -0.2) is 44.4 Å². The minimum Gasteiger partial charge on any atom is -0.364 e. The third-order valence-electron chi connectivity index (χ3n) is 3.02. The van der Waals surface area contributed by atoms with Crippen LogP contribution in [0.3, 0.4) is 0 Å². The van der Waals surface area contributed by atoms with Gasteiger partial charge in [0.2, 0.25) is 0 Å². The van der Waals surface area contributed by atoms with E-state index >= 15 is 0 Å². The topological polar surface area (TPSA) is 89.1 Å². The number of amides is 2. The zero-order valence-electron chi connectivity index (χ0n) is 12.5. The van der Waals surface area contributed by atoms with Gasteiger partial charge in [-0.1, -0.05) is 5.16 Å². The lowest BCUT2D eigenvalue weighted by molar-refractivity contribution is 0.205. The number of nitrogens with zero attached hydrogens (tertiary/aromatic N) is 5. The van der Waals surface area contributed by atoms with Crippen LogP contribution in [0.15, 0.2) is 16.9 Å². The van der Waals surface area contributed by atoms with Gasteiger partial charge in [0.05, 0.1) is 6.54 Å². The molecule has 21 heavy (non-hydrogen) atoms. The van der Waals surface area contributed by atoms with E-state index in [1.165, 1.54) is 6.26 Å². The second-order valence-electron chi connectivity index (χ2n) is 4.86. The van der Waals surface area contributed by atoms with Crippen LogP contribution in [0.2, 0.25) is 0 Å². The largest absolute Gasteiger partial charge is 0.364 e. The number of rotatable bonds is 6. The third kappa shape index (κ3) is 4.30. The van der Waals surface area contributed by atoms with E-state index in [1.54, 1.807) is 18.0 Å². The molecule has 0 spiro atoms. The Kier molecular flexibility index (Phi) is 4.91. The second kappa shape index (κ2) is 6.87. The average molecular weight is 292 g/mol. The Balaban J connectivity index is 1.68. The van der Waals surface area contributed by atoms with Crippen molar-refractivity contribution in [3.63, 3.8) is 0 Å². The lowest BCUT2D eigenvalue weighted by Crippen LogP contribution is -2.37. The van der Waals surface area contributed by atoms with Gasteiger partial charge in [0.15, 0.2) is 0 Å². The number of nitrogens with one attached hydrogen (secondary N) is 1. The number of aromatic nitrogens is 4. The number of aryl methyl sites for hydroxylation is 3. The molecule has 2 aromatic heterocycles. The highest BCUT2D eigenvalue weighted by Gasteiger charge is 2.10. The molecule has 2 aromatic rings. The van der Waals surface area contributed by atoms with E-state index < -0.39 is 0 Å². The van der Waals surface area contributed by atoms with E-state index in [9.17, 15) is 4.79 Å². The van der Waals surface area contributed by atoms with Crippen molar-refractivity contribution in [2.45, 2.75) is 33.4 Å². The Bertz CT molecular complexity index is 578. The summed E-state index contributed by atoms with van der Waals surface area (Å²) in [7, 11) is 1.72. The number of carbonyl (C=O) groups excluding carboxylic acids is 1. The molecule has 0 saturated carbocycles. The standard InChI is InChI=1S/C13H20N6O2/c1-10-15-11(2)19(16-10)7-4-6-14-13(20)18(3)9-12-5-8-21-17-12/h5,8H,4,6-7,9H2,1-3H3,(H,14,20). The molecule has 0 aliphatic rings. The predicted molar refractivity (Wildman–Crippen MR) is 75.5 cm³/mol. The first-order valence-corrected chi connectivity index (χ1v) is 6.82. The van der Waals surface area contributed by atoms with Crippen molar-refractivity contribution in [1.29, 1.82) is 0 Å². The van der Waals surface area contributed by atoms with Gasteiger partial charge in [0, 0.05) is 26.2 Å². The first-order chi connectivity index (χ1) is 10.1.